The number of carbonyl (C=O) groups excluding carboxylic acids is 1. The molecule has 3 rings (SSSR count). The van der Waals surface area contributed by atoms with Gasteiger partial charge in [0.05, 0.1) is 5.56 Å². The van der Waals surface area contributed by atoms with E-state index in [0.29, 0.717) is 17.1 Å². The van der Waals surface area contributed by atoms with Gasteiger partial charge < -0.3 is 0 Å². The summed E-state index contributed by atoms with van der Waals surface area (Å²) in [5, 5.41) is 4.37. The molecule has 4 heteroatoms. The van der Waals surface area contributed by atoms with Gasteiger partial charge >= 0.3 is 0 Å². The van der Waals surface area contributed by atoms with Gasteiger partial charge in [-0.1, -0.05) is 0 Å². The van der Waals surface area contributed by atoms with Crippen molar-refractivity contribution in [3.63, 3.8) is 0 Å². The first kappa shape index (κ1) is 8.59. The molecule has 1 aliphatic carbocycles. The molecule has 0 N–H and O–H groups in total. The summed E-state index contributed by atoms with van der Waals surface area (Å²) in [4.78, 5) is 15.8. The van der Waals surface area contributed by atoms with Crippen molar-refractivity contribution in [3.05, 3.63) is 29.7 Å². The molecule has 0 amide bonds. The number of rotatable bonds is 2. The van der Waals surface area contributed by atoms with Gasteiger partial charge in [0.1, 0.15) is 0 Å². The Morgan fingerprint density at radius 1 is 1.53 bits per heavy atom. The molecule has 15 heavy (non-hydrogen) atoms. The number of carbonyl (C=O) groups is 1. The fraction of sp³-hybridized carbons (Fsp3) is 0.364. The molecule has 1 saturated carbocycles. The maximum atomic E-state index is 11.4. The van der Waals surface area contributed by atoms with Crippen molar-refractivity contribution >= 4 is 11.4 Å². The molecular formula is C11H11N3O. The molecule has 0 radical (unpaired) electrons. The van der Waals surface area contributed by atoms with Crippen LogP contribution in [0.3, 0.4) is 0 Å². The van der Waals surface area contributed by atoms with Crippen LogP contribution >= 0.6 is 0 Å². The van der Waals surface area contributed by atoms with Crippen LogP contribution in [0.1, 0.15) is 41.9 Å². The molecule has 0 unspecified atom stereocenters. The average molecular weight is 201 g/mol. The summed E-state index contributed by atoms with van der Waals surface area (Å²) in [5.41, 5.74) is 1.34. The van der Waals surface area contributed by atoms with Gasteiger partial charge in [0.2, 0.25) is 0 Å². The molecule has 1 fully saturated rings. The van der Waals surface area contributed by atoms with Crippen LogP contribution in [0.15, 0.2) is 18.3 Å². The van der Waals surface area contributed by atoms with Crippen LogP contribution in [0.2, 0.25) is 0 Å². The number of pyridine rings is 1. The Bertz CT molecular complexity index is 540. The predicted molar refractivity (Wildman–Crippen MR) is 55.0 cm³/mol. The van der Waals surface area contributed by atoms with E-state index in [1.54, 1.807) is 17.5 Å². The van der Waals surface area contributed by atoms with Gasteiger partial charge in [-0.05, 0) is 31.9 Å². The van der Waals surface area contributed by atoms with Crippen molar-refractivity contribution in [1.29, 1.82) is 0 Å². The van der Waals surface area contributed by atoms with E-state index < -0.39 is 0 Å². The normalized spacial score (nSPS) is 15.8. The maximum Gasteiger partial charge on any atom is 0.166 e. The summed E-state index contributed by atoms with van der Waals surface area (Å²) < 4.78 is 1.70. The number of ketones is 1. The zero-order valence-electron chi connectivity index (χ0n) is 8.47. The van der Waals surface area contributed by atoms with E-state index in [4.69, 9.17) is 0 Å². The molecule has 0 aliphatic heterocycles. The zero-order valence-corrected chi connectivity index (χ0v) is 8.47. The Kier molecular flexibility index (Phi) is 1.65. The quantitative estimate of drug-likeness (QED) is 0.696. The molecule has 1 aliphatic rings. The van der Waals surface area contributed by atoms with Crippen LogP contribution in [0, 0.1) is 0 Å². The minimum Gasteiger partial charge on any atom is -0.294 e. The van der Waals surface area contributed by atoms with Crippen molar-refractivity contribution in [2.24, 2.45) is 0 Å². The highest BCUT2D eigenvalue weighted by Gasteiger charge is 2.28. The van der Waals surface area contributed by atoms with Gasteiger partial charge in [-0.3, -0.25) is 4.79 Å². The number of fused-ring (bicyclic) bond motifs is 1. The van der Waals surface area contributed by atoms with Crippen LogP contribution in [-0.4, -0.2) is 20.4 Å². The lowest BCUT2D eigenvalue weighted by atomic mass is 10.2. The third kappa shape index (κ3) is 1.33. The Balaban J connectivity index is 2.23. The second-order valence-electron chi connectivity index (χ2n) is 3.99. The minimum atomic E-state index is 0.0374. The molecule has 0 saturated heterocycles. The molecule has 0 spiro atoms. The van der Waals surface area contributed by atoms with Crippen LogP contribution in [0.25, 0.3) is 5.65 Å². The van der Waals surface area contributed by atoms with Gasteiger partial charge in [-0.2, -0.15) is 5.10 Å². The van der Waals surface area contributed by atoms with E-state index in [0.717, 1.165) is 5.82 Å². The Morgan fingerprint density at radius 3 is 3.00 bits per heavy atom. The summed E-state index contributed by atoms with van der Waals surface area (Å²) in [6.45, 7) is 1.56. The highest BCUT2D eigenvalue weighted by Crippen LogP contribution is 2.38. The smallest absolute Gasteiger partial charge is 0.166 e. The second-order valence-corrected chi connectivity index (χ2v) is 3.99. The highest BCUT2D eigenvalue weighted by molar-refractivity contribution is 5.99. The van der Waals surface area contributed by atoms with E-state index in [1.807, 2.05) is 12.3 Å². The van der Waals surface area contributed by atoms with E-state index in [2.05, 4.69) is 10.1 Å². The summed E-state index contributed by atoms with van der Waals surface area (Å²) in [6, 6.07) is 3.62. The second kappa shape index (κ2) is 2.89. The van der Waals surface area contributed by atoms with Crippen molar-refractivity contribution < 1.29 is 4.79 Å². The zero-order chi connectivity index (χ0) is 10.4. The fourth-order valence-electron chi connectivity index (χ4n) is 1.71. The Labute approximate surface area is 86.9 Å². The third-order valence-corrected chi connectivity index (χ3v) is 2.70. The molecule has 0 atom stereocenters. The van der Waals surface area contributed by atoms with Crippen molar-refractivity contribution in [2.75, 3.05) is 0 Å². The molecule has 2 heterocycles. The van der Waals surface area contributed by atoms with Crippen LogP contribution in [0.5, 0.6) is 0 Å². The lowest BCUT2D eigenvalue weighted by Crippen LogP contribution is -1.97. The fourth-order valence-corrected chi connectivity index (χ4v) is 1.71. The van der Waals surface area contributed by atoms with Crippen molar-refractivity contribution in [3.8, 4) is 0 Å². The largest absolute Gasteiger partial charge is 0.294 e. The van der Waals surface area contributed by atoms with E-state index in [9.17, 15) is 4.79 Å². The lowest BCUT2D eigenvalue weighted by Gasteiger charge is -1.95. The van der Waals surface area contributed by atoms with Crippen molar-refractivity contribution in [1.82, 2.24) is 14.6 Å². The first-order valence-electron chi connectivity index (χ1n) is 5.12. The van der Waals surface area contributed by atoms with Gasteiger partial charge in [-0.15, -0.1) is 0 Å². The lowest BCUT2D eigenvalue weighted by molar-refractivity contribution is 0.101. The first-order chi connectivity index (χ1) is 7.25. The summed E-state index contributed by atoms with van der Waals surface area (Å²) >= 11 is 0. The Morgan fingerprint density at radius 2 is 2.33 bits per heavy atom. The predicted octanol–water partition coefficient (Wildman–Crippen LogP) is 1.81. The highest BCUT2D eigenvalue weighted by atomic mass is 16.1. The number of aromatic nitrogens is 3. The van der Waals surface area contributed by atoms with E-state index in [-0.39, 0.29) is 5.78 Å². The monoisotopic (exact) mass is 201 g/mol. The molecule has 4 nitrogen and oxygen atoms in total. The molecule has 2 aromatic heterocycles. The first-order valence-corrected chi connectivity index (χ1v) is 5.12. The van der Waals surface area contributed by atoms with Crippen LogP contribution in [-0.2, 0) is 0 Å². The topological polar surface area (TPSA) is 47.3 Å². The Hall–Kier alpha value is -1.71. The van der Waals surface area contributed by atoms with Gasteiger partial charge in [0, 0.05) is 12.1 Å². The molecule has 76 valence electrons. The number of hydrogen-bond donors (Lipinski definition) is 0. The van der Waals surface area contributed by atoms with E-state index in [1.165, 1.54) is 12.8 Å². The number of Topliss-reactive ketones (excluding diaryl/α,β-unsaturated/α-hetero) is 1. The van der Waals surface area contributed by atoms with E-state index >= 15 is 0 Å². The summed E-state index contributed by atoms with van der Waals surface area (Å²) in [6.07, 6.45) is 4.18. The molecular weight excluding hydrogens is 190 g/mol. The standard InChI is InChI=1S/C11H11N3O/c1-7(15)9-3-2-6-14-11(9)12-10(13-14)8-4-5-8/h2-3,6,8H,4-5H2,1H3. The van der Waals surface area contributed by atoms with Crippen molar-refractivity contribution in [2.45, 2.75) is 25.7 Å². The molecule has 0 aromatic carbocycles. The van der Waals surface area contributed by atoms with Gasteiger partial charge in [-0.25, -0.2) is 9.50 Å². The SMILES string of the molecule is CC(=O)c1cccn2nc(C3CC3)nc12. The van der Waals surface area contributed by atoms with Crippen LogP contribution < -0.4 is 0 Å². The van der Waals surface area contributed by atoms with Crippen LogP contribution in [0.4, 0.5) is 0 Å². The number of hydrogen-bond acceptors (Lipinski definition) is 3. The maximum absolute atomic E-state index is 11.4. The molecule has 2 aromatic rings. The third-order valence-electron chi connectivity index (χ3n) is 2.70. The van der Waals surface area contributed by atoms with Gasteiger partial charge in [0.15, 0.2) is 17.3 Å². The average Bonchev–Trinajstić information content (AvgIpc) is 2.96. The molecule has 0 bridgehead atoms. The van der Waals surface area contributed by atoms with Gasteiger partial charge in [0.25, 0.3) is 0 Å². The summed E-state index contributed by atoms with van der Waals surface area (Å²) in [5.74, 6) is 1.43. The number of nitrogens with zero attached hydrogens (tertiary/aromatic N) is 3. The minimum absolute atomic E-state index is 0.0374. The summed E-state index contributed by atoms with van der Waals surface area (Å²) in [7, 11) is 0.